The number of hydrogen-bond acceptors (Lipinski definition) is 6. The van der Waals surface area contributed by atoms with Gasteiger partial charge in [-0.2, -0.15) is 0 Å². The zero-order valence-corrected chi connectivity index (χ0v) is 19.7. The van der Waals surface area contributed by atoms with Crippen LogP contribution in [-0.4, -0.2) is 76.4 Å². The first kappa shape index (κ1) is 27.3. The van der Waals surface area contributed by atoms with Crippen LogP contribution in [0.2, 0.25) is 0 Å². The number of carboxylic acids is 1. The molecule has 0 unspecified atom stereocenters. The van der Waals surface area contributed by atoms with E-state index >= 15 is 0 Å². The van der Waals surface area contributed by atoms with Crippen molar-refractivity contribution in [2.24, 2.45) is 17.6 Å². The van der Waals surface area contributed by atoms with Gasteiger partial charge in [-0.15, -0.1) is 0 Å². The summed E-state index contributed by atoms with van der Waals surface area (Å²) in [5.74, 6) is -3.77. The van der Waals surface area contributed by atoms with Crippen molar-refractivity contribution < 1.29 is 29.1 Å². The minimum absolute atomic E-state index is 0.310. The molecule has 0 aromatic rings. The van der Waals surface area contributed by atoms with Crippen molar-refractivity contribution >= 4 is 29.6 Å². The number of nitrogens with two attached hydrogens (primary N) is 1. The van der Waals surface area contributed by atoms with Gasteiger partial charge in [0, 0.05) is 6.54 Å². The SMILES string of the molecule is CC(C)[C@H](NC(=O)[C@@H](NC(=O)[C@@H]1CCCN1C(=O)[C@H](C)NC(=O)[C@H](C)N)C(C)C)C(=O)O. The molecule has 0 spiro atoms. The van der Waals surface area contributed by atoms with Crippen molar-refractivity contribution in [3.8, 4) is 0 Å². The molecule has 1 heterocycles. The zero-order chi connectivity index (χ0) is 24.7. The molecule has 0 aliphatic carbocycles. The fourth-order valence-corrected chi connectivity index (χ4v) is 3.50. The topological polar surface area (TPSA) is 171 Å². The monoisotopic (exact) mass is 455 g/mol. The second-order valence-corrected chi connectivity index (χ2v) is 9.01. The zero-order valence-electron chi connectivity index (χ0n) is 19.7. The Hall–Kier alpha value is -2.69. The molecule has 1 saturated heterocycles. The number of carboxylic acid groups (broad SMARTS) is 1. The highest BCUT2D eigenvalue weighted by Crippen LogP contribution is 2.19. The molecular formula is C21H37N5O6. The summed E-state index contributed by atoms with van der Waals surface area (Å²) in [5.41, 5.74) is 5.52. The van der Waals surface area contributed by atoms with Crippen LogP contribution >= 0.6 is 0 Å². The number of aliphatic carboxylic acids is 1. The fraction of sp³-hybridized carbons (Fsp3) is 0.762. The number of likely N-dealkylation sites (tertiary alicyclic amines) is 1. The first-order valence-corrected chi connectivity index (χ1v) is 11.0. The average molecular weight is 456 g/mol. The van der Waals surface area contributed by atoms with Gasteiger partial charge in [0.05, 0.1) is 6.04 Å². The third kappa shape index (κ3) is 7.18. The molecule has 0 bridgehead atoms. The van der Waals surface area contributed by atoms with Gasteiger partial charge < -0.3 is 31.7 Å². The third-order valence-electron chi connectivity index (χ3n) is 5.46. The van der Waals surface area contributed by atoms with Crippen molar-refractivity contribution in [3.63, 3.8) is 0 Å². The van der Waals surface area contributed by atoms with E-state index in [1.807, 2.05) is 0 Å². The van der Waals surface area contributed by atoms with Crippen LogP contribution in [0.3, 0.4) is 0 Å². The summed E-state index contributed by atoms with van der Waals surface area (Å²) in [6.07, 6.45) is 1.02. The average Bonchev–Trinajstić information content (AvgIpc) is 3.18. The van der Waals surface area contributed by atoms with Gasteiger partial charge in [0.25, 0.3) is 0 Å². The lowest BCUT2D eigenvalue weighted by Gasteiger charge is -2.30. The van der Waals surface area contributed by atoms with E-state index in [9.17, 15) is 29.1 Å². The number of nitrogens with zero attached hydrogens (tertiary/aromatic N) is 1. The molecule has 11 nitrogen and oxygen atoms in total. The molecule has 0 aromatic carbocycles. The maximum atomic E-state index is 13.0. The molecule has 182 valence electrons. The van der Waals surface area contributed by atoms with Crippen LogP contribution in [0.15, 0.2) is 0 Å². The molecule has 6 N–H and O–H groups in total. The van der Waals surface area contributed by atoms with Gasteiger partial charge in [0.15, 0.2) is 0 Å². The number of carbonyl (C=O) groups is 5. The summed E-state index contributed by atoms with van der Waals surface area (Å²) in [5, 5.41) is 17.0. The highest BCUT2D eigenvalue weighted by molar-refractivity contribution is 5.95. The van der Waals surface area contributed by atoms with E-state index in [4.69, 9.17) is 5.73 Å². The molecule has 1 fully saturated rings. The summed E-state index contributed by atoms with van der Waals surface area (Å²) in [4.78, 5) is 63.1. The normalized spacial score (nSPS) is 19.8. The molecule has 0 saturated carbocycles. The number of hydrogen-bond donors (Lipinski definition) is 5. The molecule has 11 heteroatoms. The van der Waals surface area contributed by atoms with Gasteiger partial charge in [-0.1, -0.05) is 27.7 Å². The molecular weight excluding hydrogens is 418 g/mol. The largest absolute Gasteiger partial charge is 0.480 e. The predicted octanol–water partition coefficient (Wildman–Crippen LogP) is -0.804. The predicted molar refractivity (Wildman–Crippen MR) is 117 cm³/mol. The van der Waals surface area contributed by atoms with Crippen molar-refractivity contribution in [1.82, 2.24) is 20.9 Å². The van der Waals surface area contributed by atoms with Crippen LogP contribution in [0.5, 0.6) is 0 Å². The van der Waals surface area contributed by atoms with Gasteiger partial charge >= 0.3 is 5.97 Å². The molecule has 1 aliphatic heterocycles. The Morgan fingerprint density at radius 2 is 1.44 bits per heavy atom. The lowest BCUT2D eigenvalue weighted by molar-refractivity contribution is -0.144. The van der Waals surface area contributed by atoms with Gasteiger partial charge in [-0.25, -0.2) is 4.79 Å². The Balaban J connectivity index is 2.89. The van der Waals surface area contributed by atoms with Crippen molar-refractivity contribution in [1.29, 1.82) is 0 Å². The molecule has 32 heavy (non-hydrogen) atoms. The maximum Gasteiger partial charge on any atom is 0.326 e. The quantitative estimate of drug-likeness (QED) is 0.287. The van der Waals surface area contributed by atoms with Crippen LogP contribution in [0, 0.1) is 11.8 Å². The first-order valence-electron chi connectivity index (χ1n) is 11.0. The summed E-state index contributed by atoms with van der Waals surface area (Å²) < 4.78 is 0. The van der Waals surface area contributed by atoms with E-state index in [1.54, 1.807) is 27.7 Å². The van der Waals surface area contributed by atoms with E-state index in [2.05, 4.69) is 16.0 Å². The number of rotatable bonds is 10. The minimum Gasteiger partial charge on any atom is -0.480 e. The van der Waals surface area contributed by atoms with Crippen LogP contribution in [0.1, 0.15) is 54.4 Å². The molecule has 1 rings (SSSR count). The Labute approximate surface area is 188 Å². The van der Waals surface area contributed by atoms with Crippen LogP contribution in [-0.2, 0) is 24.0 Å². The standard InChI is InChI=1S/C21H37N5O6/c1-10(2)15(19(29)25-16(11(3)4)21(31)32)24-18(28)14-8-7-9-26(14)20(30)13(6)23-17(27)12(5)22/h10-16H,7-9,22H2,1-6H3,(H,23,27)(H,24,28)(H,25,29)(H,31,32)/t12-,13-,14-,15-,16-/m0/s1. The summed E-state index contributed by atoms with van der Waals surface area (Å²) in [6.45, 7) is 10.2. The number of amides is 4. The third-order valence-corrected chi connectivity index (χ3v) is 5.46. The van der Waals surface area contributed by atoms with Crippen molar-refractivity contribution in [2.45, 2.75) is 84.6 Å². The Bertz CT molecular complexity index is 723. The Kier molecular flexibility index (Phi) is 10.1. The van der Waals surface area contributed by atoms with Gasteiger partial charge in [0.2, 0.25) is 23.6 Å². The number of nitrogens with one attached hydrogen (secondary N) is 3. The van der Waals surface area contributed by atoms with Crippen molar-refractivity contribution in [3.05, 3.63) is 0 Å². The van der Waals surface area contributed by atoms with Crippen molar-refractivity contribution in [2.75, 3.05) is 6.54 Å². The molecule has 5 atom stereocenters. The second kappa shape index (κ2) is 11.8. The maximum absolute atomic E-state index is 13.0. The first-order chi connectivity index (χ1) is 14.8. The Morgan fingerprint density at radius 1 is 0.875 bits per heavy atom. The lowest BCUT2D eigenvalue weighted by atomic mass is 9.99. The van der Waals surface area contributed by atoms with Crippen LogP contribution in [0.25, 0.3) is 0 Å². The minimum atomic E-state index is -1.16. The second-order valence-electron chi connectivity index (χ2n) is 9.01. The fourth-order valence-electron chi connectivity index (χ4n) is 3.50. The van der Waals surface area contributed by atoms with E-state index in [-0.39, 0.29) is 11.8 Å². The lowest BCUT2D eigenvalue weighted by Crippen LogP contribution is -2.59. The van der Waals surface area contributed by atoms with Gasteiger partial charge in [0.1, 0.15) is 24.2 Å². The van der Waals surface area contributed by atoms with E-state index in [0.717, 1.165) is 0 Å². The van der Waals surface area contributed by atoms with Gasteiger partial charge in [-0.05, 0) is 38.5 Å². The van der Waals surface area contributed by atoms with E-state index < -0.39 is 59.8 Å². The van der Waals surface area contributed by atoms with E-state index in [0.29, 0.717) is 19.4 Å². The molecule has 1 aliphatic rings. The summed E-state index contributed by atoms with van der Waals surface area (Å²) in [6, 6.07) is -4.45. The molecule has 0 aromatic heterocycles. The van der Waals surface area contributed by atoms with Crippen LogP contribution in [0.4, 0.5) is 0 Å². The summed E-state index contributed by atoms with van der Waals surface area (Å²) >= 11 is 0. The highest BCUT2D eigenvalue weighted by Gasteiger charge is 2.38. The van der Waals surface area contributed by atoms with Crippen LogP contribution < -0.4 is 21.7 Å². The molecule has 0 radical (unpaired) electrons. The van der Waals surface area contributed by atoms with Gasteiger partial charge in [-0.3, -0.25) is 19.2 Å². The highest BCUT2D eigenvalue weighted by atomic mass is 16.4. The molecule has 4 amide bonds. The number of carbonyl (C=O) groups excluding carboxylic acids is 4. The summed E-state index contributed by atoms with van der Waals surface area (Å²) in [7, 11) is 0. The smallest absolute Gasteiger partial charge is 0.326 e. The van der Waals surface area contributed by atoms with E-state index in [1.165, 1.54) is 18.7 Å². The Morgan fingerprint density at radius 3 is 1.91 bits per heavy atom.